The first-order chi connectivity index (χ1) is 8.77. The molecule has 0 amide bonds. The lowest BCUT2D eigenvalue weighted by Crippen LogP contribution is -3.00. The SMILES string of the molecule is Nc1nc([N+]23CCN(CC2)CC3)c2[nH]cnc2n1.[Cl-]. The van der Waals surface area contributed by atoms with Gasteiger partial charge in [-0.1, -0.05) is 0 Å². The van der Waals surface area contributed by atoms with Gasteiger partial charge in [-0.2, -0.15) is 9.97 Å². The summed E-state index contributed by atoms with van der Waals surface area (Å²) in [5.41, 5.74) is 7.44. The van der Waals surface area contributed by atoms with Crippen molar-refractivity contribution in [1.29, 1.82) is 0 Å². The van der Waals surface area contributed by atoms with Crippen molar-refractivity contribution < 1.29 is 12.4 Å². The number of anilines is 1. The van der Waals surface area contributed by atoms with Crippen LogP contribution in [0.4, 0.5) is 11.8 Å². The lowest BCUT2D eigenvalue weighted by Gasteiger charge is -2.49. The summed E-state index contributed by atoms with van der Waals surface area (Å²) in [6, 6.07) is 0. The minimum Gasteiger partial charge on any atom is -1.00 e. The van der Waals surface area contributed by atoms with Gasteiger partial charge in [-0.15, -0.1) is 0 Å². The van der Waals surface area contributed by atoms with Crippen LogP contribution in [-0.4, -0.2) is 64.1 Å². The standard InChI is InChI=1S/C11H16N7.ClH/c12-11-15-9-8(13-7-14-9)10(16-11)18-4-1-17(2-5-18)3-6-18;/h7H,1-6H2,(H3,12,13,14,15,16);1H/q+1;/p-1. The van der Waals surface area contributed by atoms with E-state index < -0.39 is 0 Å². The molecular formula is C11H16ClN7. The first-order valence-corrected chi connectivity index (χ1v) is 6.32. The maximum atomic E-state index is 5.82. The van der Waals surface area contributed by atoms with E-state index in [1.807, 2.05) is 0 Å². The summed E-state index contributed by atoms with van der Waals surface area (Å²) in [6.07, 6.45) is 1.67. The van der Waals surface area contributed by atoms with Gasteiger partial charge in [-0.05, 0) is 0 Å². The maximum Gasteiger partial charge on any atom is 0.259 e. The fourth-order valence-electron chi connectivity index (χ4n) is 3.16. The van der Waals surface area contributed by atoms with Crippen LogP contribution in [0.5, 0.6) is 0 Å². The average Bonchev–Trinajstić information content (AvgIpc) is 2.88. The molecule has 0 unspecified atom stereocenters. The van der Waals surface area contributed by atoms with E-state index in [9.17, 15) is 0 Å². The largest absolute Gasteiger partial charge is 1.00 e. The van der Waals surface area contributed by atoms with Crippen molar-refractivity contribution >= 4 is 22.9 Å². The van der Waals surface area contributed by atoms with Gasteiger partial charge in [0.2, 0.25) is 5.95 Å². The van der Waals surface area contributed by atoms with E-state index in [1.54, 1.807) is 6.33 Å². The second-order valence-electron chi connectivity index (χ2n) is 5.16. The molecule has 0 radical (unpaired) electrons. The van der Waals surface area contributed by atoms with Crippen LogP contribution in [0, 0.1) is 0 Å². The summed E-state index contributed by atoms with van der Waals surface area (Å²) in [5.74, 6) is 1.35. The van der Waals surface area contributed by atoms with Crippen LogP contribution in [0.1, 0.15) is 0 Å². The number of fused-ring (bicyclic) bond motifs is 4. The molecule has 0 atom stereocenters. The molecule has 7 nitrogen and oxygen atoms in total. The van der Waals surface area contributed by atoms with Gasteiger partial charge in [0, 0.05) is 19.6 Å². The molecule has 0 aromatic carbocycles. The fourth-order valence-corrected chi connectivity index (χ4v) is 3.16. The van der Waals surface area contributed by atoms with E-state index >= 15 is 0 Å². The summed E-state index contributed by atoms with van der Waals surface area (Å²) < 4.78 is 0.919. The average molecular weight is 282 g/mol. The number of hydrogen-bond donors (Lipinski definition) is 2. The van der Waals surface area contributed by atoms with E-state index in [0.29, 0.717) is 11.6 Å². The Labute approximate surface area is 116 Å². The number of nitrogen functional groups attached to an aromatic ring is 1. The Hall–Kier alpha value is -1.44. The predicted octanol–water partition coefficient (Wildman–Crippen LogP) is -3.42. The fraction of sp³-hybridized carbons (Fsp3) is 0.545. The lowest BCUT2D eigenvalue weighted by molar-refractivity contribution is -0.00000407. The molecule has 0 saturated carbocycles. The number of rotatable bonds is 1. The van der Waals surface area contributed by atoms with E-state index in [4.69, 9.17) is 5.73 Å². The van der Waals surface area contributed by atoms with Gasteiger partial charge in [-0.25, -0.2) is 4.98 Å². The number of H-pyrrole nitrogens is 1. The second kappa shape index (κ2) is 4.29. The number of quaternary nitrogens is 1. The highest BCUT2D eigenvalue weighted by atomic mass is 35.5. The Morgan fingerprint density at radius 1 is 1.16 bits per heavy atom. The minimum absolute atomic E-state index is 0. The van der Waals surface area contributed by atoms with Crippen molar-refractivity contribution in [3.05, 3.63) is 6.33 Å². The van der Waals surface area contributed by atoms with Gasteiger partial charge in [0.1, 0.15) is 0 Å². The molecule has 3 fully saturated rings. The third-order valence-corrected chi connectivity index (χ3v) is 4.27. The van der Waals surface area contributed by atoms with Crippen LogP contribution < -0.4 is 22.6 Å². The summed E-state index contributed by atoms with van der Waals surface area (Å²) in [6.45, 7) is 6.72. The highest BCUT2D eigenvalue weighted by Crippen LogP contribution is 2.32. The van der Waals surface area contributed by atoms with Crippen LogP contribution in [0.25, 0.3) is 11.2 Å². The number of hydrogen-bond acceptors (Lipinski definition) is 5. The molecule has 0 spiro atoms. The molecule has 19 heavy (non-hydrogen) atoms. The molecule has 3 aliphatic heterocycles. The molecule has 3 saturated heterocycles. The molecule has 2 bridgehead atoms. The molecule has 5 heterocycles. The zero-order valence-corrected chi connectivity index (χ0v) is 11.3. The third-order valence-electron chi connectivity index (χ3n) is 4.27. The van der Waals surface area contributed by atoms with Crippen LogP contribution >= 0.6 is 0 Å². The van der Waals surface area contributed by atoms with Crippen LogP contribution in [0.2, 0.25) is 0 Å². The van der Waals surface area contributed by atoms with Gasteiger partial charge < -0.3 is 23.1 Å². The van der Waals surface area contributed by atoms with Crippen LogP contribution in [0.3, 0.4) is 0 Å². The number of nitrogens with zero attached hydrogens (tertiary/aromatic N) is 5. The minimum atomic E-state index is 0. The van der Waals surface area contributed by atoms with Crippen molar-refractivity contribution in [3.63, 3.8) is 0 Å². The Kier molecular flexibility index (Phi) is 2.84. The highest BCUT2D eigenvalue weighted by molar-refractivity contribution is 5.83. The molecule has 3 aliphatic rings. The van der Waals surface area contributed by atoms with Crippen LogP contribution in [0.15, 0.2) is 6.33 Å². The summed E-state index contributed by atoms with van der Waals surface area (Å²) in [7, 11) is 0. The van der Waals surface area contributed by atoms with E-state index in [-0.39, 0.29) is 12.4 Å². The molecule has 8 heteroatoms. The van der Waals surface area contributed by atoms with Crippen molar-refractivity contribution in [2.75, 3.05) is 45.0 Å². The Morgan fingerprint density at radius 3 is 2.53 bits per heavy atom. The van der Waals surface area contributed by atoms with Gasteiger partial charge in [0.15, 0.2) is 11.2 Å². The van der Waals surface area contributed by atoms with E-state index in [2.05, 4.69) is 24.8 Å². The quantitative estimate of drug-likeness (QED) is 0.532. The zero-order chi connectivity index (χ0) is 12.2. The number of aromatic amines is 1. The van der Waals surface area contributed by atoms with E-state index in [1.165, 1.54) is 0 Å². The van der Waals surface area contributed by atoms with E-state index in [0.717, 1.165) is 55.1 Å². The molecular weight excluding hydrogens is 266 g/mol. The van der Waals surface area contributed by atoms with Gasteiger partial charge in [-0.3, -0.25) is 9.38 Å². The first kappa shape index (κ1) is 12.6. The highest BCUT2D eigenvalue weighted by Gasteiger charge is 2.43. The number of nitrogens with one attached hydrogen (secondary N) is 1. The Bertz CT molecular complexity index is 588. The van der Waals surface area contributed by atoms with Gasteiger partial charge >= 0.3 is 0 Å². The predicted molar refractivity (Wildman–Crippen MR) is 68.9 cm³/mol. The second-order valence-corrected chi connectivity index (χ2v) is 5.16. The zero-order valence-electron chi connectivity index (χ0n) is 10.5. The topological polar surface area (TPSA) is 83.7 Å². The molecule has 102 valence electrons. The molecule has 5 rings (SSSR count). The number of nitrogens with two attached hydrogens (primary N) is 1. The van der Waals surface area contributed by atoms with Gasteiger partial charge in [0.25, 0.3) is 5.82 Å². The maximum absolute atomic E-state index is 5.82. The van der Waals surface area contributed by atoms with Crippen molar-refractivity contribution in [2.24, 2.45) is 0 Å². The van der Waals surface area contributed by atoms with Crippen molar-refractivity contribution in [2.45, 2.75) is 0 Å². The molecule has 3 N–H and O–H groups in total. The molecule has 2 aromatic heterocycles. The summed E-state index contributed by atoms with van der Waals surface area (Å²) in [4.78, 5) is 18.6. The Balaban J connectivity index is 0.00000110. The van der Waals surface area contributed by atoms with Crippen LogP contribution in [-0.2, 0) is 0 Å². The third kappa shape index (κ3) is 1.77. The number of halogens is 1. The summed E-state index contributed by atoms with van der Waals surface area (Å²) in [5, 5.41) is 0. The Morgan fingerprint density at radius 2 is 1.84 bits per heavy atom. The lowest BCUT2D eigenvalue weighted by atomic mass is 10.1. The van der Waals surface area contributed by atoms with Crippen molar-refractivity contribution in [3.8, 4) is 0 Å². The smallest absolute Gasteiger partial charge is 0.259 e. The number of aromatic nitrogens is 4. The normalized spacial score (nSPS) is 29.4. The monoisotopic (exact) mass is 281 g/mol. The number of piperazine rings is 3. The molecule has 2 aromatic rings. The van der Waals surface area contributed by atoms with Gasteiger partial charge in [0.05, 0.1) is 26.0 Å². The molecule has 0 aliphatic carbocycles. The first-order valence-electron chi connectivity index (χ1n) is 6.32. The van der Waals surface area contributed by atoms with Crippen molar-refractivity contribution in [1.82, 2.24) is 29.3 Å². The number of imidazole rings is 1. The summed E-state index contributed by atoms with van der Waals surface area (Å²) >= 11 is 0.